The van der Waals surface area contributed by atoms with Gasteiger partial charge in [0, 0.05) is 0 Å². The molecule has 0 radical (unpaired) electrons. The maximum absolute atomic E-state index is 10.9. The van der Waals surface area contributed by atoms with Crippen molar-refractivity contribution in [3.8, 4) is 39.5 Å². The molecule has 4 heteroatoms. The third-order valence-electron chi connectivity index (χ3n) is 6.68. The van der Waals surface area contributed by atoms with E-state index in [0.29, 0.717) is 5.75 Å². The topological polar surface area (TPSA) is 46.0 Å². The third kappa shape index (κ3) is 3.36. The summed E-state index contributed by atoms with van der Waals surface area (Å²) in [6, 6.07) is 25.0. The van der Waals surface area contributed by atoms with Crippen LogP contribution in [0.25, 0.3) is 33.8 Å². The van der Waals surface area contributed by atoms with Crippen LogP contribution >= 0.6 is 0 Å². The summed E-state index contributed by atoms with van der Waals surface area (Å²) in [4.78, 5) is 9.68. The quantitative estimate of drug-likeness (QED) is 0.350. The van der Waals surface area contributed by atoms with Crippen LogP contribution in [-0.4, -0.2) is 28.3 Å². The van der Waals surface area contributed by atoms with Crippen LogP contribution < -0.4 is 8.79 Å². The number of rotatable bonds is 6. The third-order valence-corrected chi connectivity index (χ3v) is 18.4. The molecule has 160 valence electrons. The van der Waals surface area contributed by atoms with Gasteiger partial charge < -0.3 is 0 Å². The van der Waals surface area contributed by atoms with E-state index in [0.717, 1.165) is 33.8 Å². The second kappa shape index (κ2) is 8.55. The molecule has 3 heterocycles. The monoisotopic (exact) mass is 482 g/mol. The average Bonchev–Trinajstić information content (AvgIpc) is 3.10. The number of phenolic OH excluding ortho intramolecular Hbond substituents is 1. The van der Waals surface area contributed by atoms with Gasteiger partial charge in [-0.1, -0.05) is 0 Å². The first kappa shape index (κ1) is 21.0. The van der Waals surface area contributed by atoms with Crippen LogP contribution in [0.3, 0.4) is 0 Å². The zero-order chi connectivity index (χ0) is 22.1. The van der Waals surface area contributed by atoms with E-state index < -0.39 is 13.3 Å². The molecule has 0 bridgehead atoms. The molecule has 2 aromatic carbocycles. The summed E-state index contributed by atoms with van der Waals surface area (Å²) in [5, 5.41) is 13.4. The van der Waals surface area contributed by atoms with Gasteiger partial charge in [-0.05, 0) is 0 Å². The molecule has 0 saturated carbocycles. The number of hydrogen-bond acceptors (Lipinski definition) is 3. The van der Waals surface area contributed by atoms with Crippen molar-refractivity contribution in [1.29, 1.82) is 0 Å². The number of aromatic hydroxyl groups is 1. The fourth-order valence-corrected chi connectivity index (χ4v) is 17.0. The molecule has 0 saturated heterocycles. The summed E-state index contributed by atoms with van der Waals surface area (Å²) >= 11 is -2.57. The van der Waals surface area contributed by atoms with Crippen molar-refractivity contribution in [3.63, 3.8) is 0 Å². The van der Waals surface area contributed by atoms with Crippen molar-refractivity contribution in [1.82, 2.24) is 9.97 Å². The van der Waals surface area contributed by atoms with Gasteiger partial charge in [-0.25, -0.2) is 0 Å². The second-order valence-electron chi connectivity index (χ2n) is 8.67. The molecular weight excluding hydrogens is 453 g/mol. The van der Waals surface area contributed by atoms with Gasteiger partial charge >= 0.3 is 193 Å². The molecule has 0 aliphatic carbocycles. The number of phenols is 1. The van der Waals surface area contributed by atoms with Crippen LogP contribution in [-0.2, 0) is 0 Å². The minimum absolute atomic E-state index is 0.371. The van der Waals surface area contributed by atoms with E-state index in [1.54, 1.807) is 0 Å². The molecule has 0 spiro atoms. The molecule has 0 amide bonds. The van der Waals surface area contributed by atoms with Crippen LogP contribution in [0.15, 0.2) is 79.0 Å². The molecule has 4 aromatic rings. The predicted molar refractivity (Wildman–Crippen MR) is 135 cm³/mol. The van der Waals surface area contributed by atoms with E-state index in [4.69, 9.17) is 4.98 Å². The van der Waals surface area contributed by atoms with Crippen molar-refractivity contribution in [2.45, 2.75) is 37.2 Å². The van der Waals surface area contributed by atoms with E-state index in [9.17, 15) is 5.11 Å². The number of pyridine rings is 2. The van der Waals surface area contributed by atoms with Crippen molar-refractivity contribution < 1.29 is 5.11 Å². The molecule has 3 nitrogen and oxygen atoms in total. The molecule has 0 unspecified atom stereocenters. The molecule has 1 aliphatic heterocycles. The number of nitrogens with zero attached hydrogens (tertiary/aromatic N) is 2. The Balaban J connectivity index is 1.67. The standard InChI is InChI=1S/C28H28GeN2O/c1-3-16-29(17-4-2)22-11-8-13-26(32)27(22)28-23(29)14-15-25(31-28)21-10-7-9-20(19-21)24-12-5-6-18-30-24/h5-15,18-19,32H,3-4,16-17H2,1-2H3. The predicted octanol–water partition coefficient (Wildman–Crippen LogP) is 5.88. The Kier molecular flexibility index (Phi) is 5.60. The molecule has 2 aromatic heterocycles. The second-order valence-corrected chi connectivity index (χ2v) is 17.6. The SMILES string of the molecule is CC[CH2][Ge]1([CH2]CC)[c]2ccc(-c3cccc(-c4ccccn4)c3)nc2-c2c(O)ccc[c]21. The first-order chi connectivity index (χ1) is 15.7. The van der Waals surface area contributed by atoms with Crippen molar-refractivity contribution >= 4 is 22.1 Å². The summed E-state index contributed by atoms with van der Waals surface area (Å²) in [5.41, 5.74) is 6.06. The van der Waals surface area contributed by atoms with Gasteiger partial charge in [0.05, 0.1) is 0 Å². The summed E-state index contributed by atoms with van der Waals surface area (Å²) in [7, 11) is 0. The van der Waals surface area contributed by atoms with Gasteiger partial charge in [0.25, 0.3) is 0 Å². The van der Waals surface area contributed by atoms with Gasteiger partial charge in [-0.3, -0.25) is 0 Å². The minimum atomic E-state index is -2.57. The van der Waals surface area contributed by atoms with Crippen molar-refractivity contribution in [3.05, 3.63) is 79.0 Å². The van der Waals surface area contributed by atoms with Crippen LogP contribution in [0, 0.1) is 0 Å². The van der Waals surface area contributed by atoms with Crippen LogP contribution in [0.1, 0.15) is 26.7 Å². The molecule has 32 heavy (non-hydrogen) atoms. The van der Waals surface area contributed by atoms with Gasteiger partial charge in [-0.15, -0.1) is 0 Å². The average molecular weight is 481 g/mol. The maximum atomic E-state index is 10.9. The Bertz CT molecular complexity index is 1260. The van der Waals surface area contributed by atoms with Gasteiger partial charge in [0.1, 0.15) is 0 Å². The Morgan fingerprint density at radius 3 is 2.22 bits per heavy atom. The normalized spacial score (nSPS) is 13.6. The first-order valence-electron chi connectivity index (χ1n) is 11.5. The number of hydrogen-bond donors (Lipinski definition) is 1. The van der Waals surface area contributed by atoms with Crippen LogP contribution in [0.4, 0.5) is 0 Å². The van der Waals surface area contributed by atoms with E-state index >= 15 is 0 Å². The molecule has 0 atom stereocenters. The molecule has 1 N–H and O–H groups in total. The molecule has 0 fully saturated rings. The fourth-order valence-electron chi connectivity index (χ4n) is 5.42. The number of aromatic nitrogens is 2. The van der Waals surface area contributed by atoms with E-state index in [2.05, 4.69) is 61.3 Å². The summed E-state index contributed by atoms with van der Waals surface area (Å²) in [6.07, 6.45) is 4.16. The molecular formula is C28H28GeN2O. The fraction of sp³-hybridized carbons (Fsp3) is 0.214. The summed E-state index contributed by atoms with van der Waals surface area (Å²) in [5.74, 6) is 0.371. The van der Waals surface area contributed by atoms with E-state index in [1.165, 1.54) is 32.1 Å². The van der Waals surface area contributed by atoms with Crippen molar-refractivity contribution in [2.24, 2.45) is 0 Å². The van der Waals surface area contributed by atoms with E-state index in [1.807, 2.05) is 36.5 Å². The first-order valence-corrected chi connectivity index (χ1v) is 16.6. The van der Waals surface area contributed by atoms with E-state index in [-0.39, 0.29) is 0 Å². The summed E-state index contributed by atoms with van der Waals surface area (Å²) < 4.78 is 2.85. The number of fused-ring (bicyclic) bond motifs is 3. The number of benzene rings is 2. The van der Waals surface area contributed by atoms with Gasteiger partial charge in [0.2, 0.25) is 0 Å². The Hall–Kier alpha value is -2.92. The zero-order valence-electron chi connectivity index (χ0n) is 18.7. The Morgan fingerprint density at radius 2 is 1.50 bits per heavy atom. The zero-order valence-corrected chi connectivity index (χ0v) is 20.8. The summed E-state index contributed by atoms with van der Waals surface area (Å²) in [6.45, 7) is 4.57. The molecule has 1 aliphatic rings. The van der Waals surface area contributed by atoms with Crippen LogP contribution in [0.5, 0.6) is 5.75 Å². The van der Waals surface area contributed by atoms with Gasteiger partial charge in [-0.2, -0.15) is 0 Å². The molecule has 5 rings (SSSR count). The Morgan fingerprint density at radius 1 is 0.750 bits per heavy atom. The van der Waals surface area contributed by atoms with Gasteiger partial charge in [0.15, 0.2) is 0 Å². The Labute approximate surface area is 192 Å². The van der Waals surface area contributed by atoms with Crippen molar-refractivity contribution in [2.75, 3.05) is 0 Å². The van der Waals surface area contributed by atoms with Crippen LogP contribution in [0.2, 0.25) is 10.5 Å².